The number of aldehydes is 1. The lowest BCUT2D eigenvalue weighted by atomic mass is 9.73. The van der Waals surface area contributed by atoms with Crippen molar-refractivity contribution in [3.05, 3.63) is 0 Å². The van der Waals surface area contributed by atoms with Crippen LogP contribution >= 0.6 is 0 Å². The van der Waals surface area contributed by atoms with E-state index in [4.69, 9.17) is 9.47 Å². The van der Waals surface area contributed by atoms with Gasteiger partial charge in [0, 0.05) is 24.3 Å². The molecule has 7 nitrogen and oxygen atoms in total. The van der Waals surface area contributed by atoms with Crippen LogP contribution in [0, 0.1) is 11.3 Å². The molecular formula is C17H27NO6. The molecule has 7 heteroatoms. The predicted molar refractivity (Wildman–Crippen MR) is 86.3 cm³/mol. The Morgan fingerprint density at radius 1 is 1.29 bits per heavy atom. The smallest absolute Gasteiger partial charge is 0.411 e. The van der Waals surface area contributed by atoms with Crippen molar-refractivity contribution in [2.75, 3.05) is 13.2 Å². The molecule has 1 rings (SSSR count). The lowest BCUT2D eigenvalue weighted by Crippen LogP contribution is -2.46. The lowest BCUT2D eigenvalue weighted by molar-refractivity contribution is -0.150. The zero-order chi connectivity index (χ0) is 18.7. The van der Waals surface area contributed by atoms with Crippen molar-refractivity contribution < 1.29 is 28.7 Å². The maximum absolute atomic E-state index is 12.5. The number of Topliss-reactive ketones (excluding diaryl/α,β-unsaturated/α-hetero) is 1. The maximum Gasteiger partial charge on any atom is 0.411 e. The molecule has 0 aromatic rings. The lowest BCUT2D eigenvalue weighted by Gasteiger charge is -2.29. The minimum atomic E-state index is -1.01. The number of amides is 1. The number of likely N-dealkylation sites (tertiary alicyclic amines) is 1. The molecule has 3 atom stereocenters. The number of nitrogens with zero attached hydrogens (tertiary/aromatic N) is 1. The highest BCUT2D eigenvalue weighted by atomic mass is 16.6. The third-order valence-electron chi connectivity index (χ3n) is 4.34. The van der Waals surface area contributed by atoms with E-state index in [1.165, 1.54) is 11.8 Å². The van der Waals surface area contributed by atoms with Crippen LogP contribution in [0.1, 0.15) is 48.0 Å². The zero-order valence-electron chi connectivity index (χ0n) is 15.3. The summed E-state index contributed by atoms with van der Waals surface area (Å²) in [5.74, 6) is -1.45. The van der Waals surface area contributed by atoms with Crippen LogP contribution < -0.4 is 0 Å². The summed E-state index contributed by atoms with van der Waals surface area (Å²) in [6.07, 6.45) is -0.0448. The Morgan fingerprint density at radius 2 is 1.88 bits per heavy atom. The quantitative estimate of drug-likeness (QED) is 0.561. The third kappa shape index (κ3) is 4.13. The van der Waals surface area contributed by atoms with Crippen LogP contribution in [-0.4, -0.2) is 53.8 Å². The highest BCUT2D eigenvalue weighted by Crippen LogP contribution is 2.43. The van der Waals surface area contributed by atoms with E-state index in [0.717, 1.165) is 0 Å². The minimum Gasteiger partial charge on any atom is -0.464 e. The predicted octanol–water partition coefficient (Wildman–Crippen LogP) is 1.97. The van der Waals surface area contributed by atoms with Gasteiger partial charge in [-0.3, -0.25) is 9.69 Å². The molecule has 0 saturated carbocycles. The second-order valence-corrected chi connectivity index (χ2v) is 7.29. The van der Waals surface area contributed by atoms with Crippen LogP contribution in [0.4, 0.5) is 4.79 Å². The molecule has 0 aromatic carbocycles. The van der Waals surface area contributed by atoms with Crippen LogP contribution in [0.2, 0.25) is 0 Å². The van der Waals surface area contributed by atoms with E-state index in [0.29, 0.717) is 6.29 Å². The Hall–Kier alpha value is -1.92. The summed E-state index contributed by atoms with van der Waals surface area (Å²) in [6, 6.07) is -1.01. The molecule has 1 aliphatic rings. The van der Waals surface area contributed by atoms with Gasteiger partial charge in [-0.05, 0) is 34.6 Å². The number of ketones is 1. The molecule has 0 aliphatic carbocycles. The van der Waals surface area contributed by atoms with Crippen LogP contribution in [-0.2, 0) is 23.9 Å². The molecule has 1 aliphatic heterocycles. The Bertz CT molecular complexity index is 524. The van der Waals surface area contributed by atoms with E-state index >= 15 is 0 Å². The van der Waals surface area contributed by atoms with Gasteiger partial charge in [-0.1, -0.05) is 6.92 Å². The SMILES string of the molecule is CCOC(=O)[C@@H]1[C@@H](CC=O)[C@@](C)(C(C)=O)CN1C(=O)OC(C)(C)C. The van der Waals surface area contributed by atoms with Crippen LogP contribution in [0.3, 0.4) is 0 Å². The molecule has 136 valence electrons. The first kappa shape index (κ1) is 20.1. The molecule has 1 fully saturated rings. The number of ether oxygens (including phenoxy) is 2. The van der Waals surface area contributed by atoms with Crippen molar-refractivity contribution in [2.24, 2.45) is 11.3 Å². The highest BCUT2D eigenvalue weighted by Gasteiger charge is 2.57. The zero-order valence-corrected chi connectivity index (χ0v) is 15.3. The summed E-state index contributed by atoms with van der Waals surface area (Å²) in [5, 5.41) is 0. The number of hydrogen-bond donors (Lipinski definition) is 0. The number of rotatable bonds is 5. The van der Waals surface area contributed by atoms with Gasteiger partial charge in [0.25, 0.3) is 0 Å². The Labute approximate surface area is 142 Å². The van der Waals surface area contributed by atoms with E-state index in [9.17, 15) is 19.2 Å². The first-order valence-electron chi connectivity index (χ1n) is 8.08. The maximum atomic E-state index is 12.5. The van der Waals surface area contributed by atoms with Gasteiger partial charge in [0.2, 0.25) is 0 Å². The van der Waals surface area contributed by atoms with Crippen molar-refractivity contribution in [3.8, 4) is 0 Å². The fourth-order valence-corrected chi connectivity index (χ4v) is 3.02. The van der Waals surface area contributed by atoms with Gasteiger partial charge in [0.05, 0.1) is 6.61 Å². The van der Waals surface area contributed by atoms with E-state index < -0.39 is 35.0 Å². The first-order valence-corrected chi connectivity index (χ1v) is 8.08. The van der Waals surface area contributed by atoms with Crippen molar-refractivity contribution in [1.82, 2.24) is 4.90 Å². The van der Waals surface area contributed by atoms with Crippen molar-refractivity contribution in [1.29, 1.82) is 0 Å². The normalized spacial score (nSPS) is 26.8. The molecule has 1 saturated heterocycles. The summed E-state index contributed by atoms with van der Waals surface area (Å²) in [6.45, 7) is 10.0. The molecular weight excluding hydrogens is 314 g/mol. The molecule has 1 amide bonds. The number of carbonyl (C=O) groups excluding carboxylic acids is 4. The van der Waals surface area contributed by atoms with Gasteiger partial charge in [0.15, 0.2) is 0 Å². The molecule has 0 bridgehead atoms. The van der Waals surface area contributed by atoms with Gasteiger partial charge in [0.1, 0.15) is 23.7 Å². The van der Waals surface area contributed by atoms with Gasteiger partial charge >= 0.3 is 12.1 Å². The van der Waals surface area contributed by atoms with E-state index in [1.807, 2.05) is 0 Å². The van der Waals surface area contributed by atoms with Crippen LogP contribution in [0.5, 0.6) is 0 Å². The summed E-state index contributed by atoms with van der Waals surface area (Å²) in [4.78, 5) is 49.5. The van der Waals surface area contributed by atoms with Gasteiger partial charge in [-0.2, -0.15) is 0 Å². The monoisotopic (exact) mass is 341 g/mol. The van der Waals surface area contributed by atoms with Gasteiger partial charge in [-0.25, -0.2) is 9.59 Å². The van der Waals surface area contributed by atoms with E-state index in [1.54, 1.807) is 34.6 Å². The number of hydrogen-bond acceptors (Lipinski definition) is 6. The van der Waals surface area contributed by atoms with Gasteiger partial charge < -0.3 is 14.3 Å². The molecule has 0 unspecified atom stereocenters. The van der Waals surface area contributed by atoms with E-state index in [2.05, 4.69) is 0 Å². The average Bonchev–Trinajstić information content (AvgIpc) is 2.73. The van der Waals surface area contributed by atoms with Crippen LogP contribution in [0.15, 0.2) is 0 Å². The van der Waals surface area contributed by atoms with Crippen molar-refractivity contribution >= 4 is 24.1 Å². The fourth-order valence-electron chi connectivity index (χ4n) is 3.02. The molecule has 1 heterocycles. The summed E-state index contributed by atoms with van der Waals surface area (Å²) in [5.41, 5.74) is -1.75. The summed E-state index contributed by atoms with van der Waals surface area (Å²) >= 11 is 0. The average molecular weight is 341 g/mol. The molecule has 24 heavy (non-hydrogen) atoms. The Morgan fingerprint density at radius 3 is 2.29 bits per heavy atom. The molecule has 0 aromatic heterocycles. The van der Waals surface area contributed by atoms with Gasteiger partial charge in [-0.15, -0.1) is 0 Å². The topological polar surface area (TPSA) is 90.0 Å². The summed E-state index contributed by atoms with van der Waals surface area (Å²) in [7, 11) is 0. The molecule has 0 radical (unpaired) electrons. The number of esters is 1. The van der Waals surface area contributed by atoms with Crippen LogP contribution in [0.25, 0.3) is 0 Å². The third-order valence-corrected chi connectivity index (χ3v) is 4.34. The Kier molecular flexibility index (Phi) is 6.14. The van der Waals surface area contributed by atoms with Crippen molar-refractivity contribution in [2.45, 2.75) is 59.6 Å². The standard InChI is InChI=1S/C17H27NO6/c1-7-23-14(21)13-12(8-9-19)17(6,11(2)20)10-18(13)15(22)24-16(3,4)5/h9,12-13H,7-8,10H2,1-6H3/t12-,13+,17-/m1/s1. The van der Waals surface area contributed by atoms with E-state index in [-0.39, 0.29) is 25.4 Å². The fraction of sp³-hybridized carbons (Fsp3) is 0.765. The second-order valence-electron chi connectivity index (χ2n) is 7.29. The minimum absolute atomic E-state index is 0.0131. The highest BCUT2D eigenvalue weighted by molar-refractivity contribution is 5.90. The first-order chi connectivity index (χ1) is 11.0. The Balaban J connectivity index is 3.28. The molecule has 0 spiro atoms. The second kappa shape index (κ2) is 7.32. The molecule has 0 N–H and O–H groups in total. The summed E-state index contributed by atoms with van der Waals surface area (Å²) < 4.78 is 10.4. The number of carbonyl (C=O) groups is 4. The largest absolute Gasteiger partial charge is 0.464 e. The van der Waals surface area contributed by atoms with Crippen molar-refractivity contribution in [3.63, 3.8) is 0 Å².